The lowest BCUT2D eigenvalue weighted by atomic mass is 9.55. The minimum absolute atomic E-state index is 0.0512. The van der Waals surface area contributed by atoms with Crippen molar-refractivity contribution in [1.82, 2.24) is 10.2 Å². The van der Waals surface area contributed by atoms with Crippen molar-refractivity contribution in [2.24, 2.45) is 5.92 Å². The lowest BCUT2D eigenvalue weighted by Gasteiger charge is -2.58. The molecule has 1 saturated heterocycles. The number of rotatable bonds is 7. The highest BCUT2D eigenvalue weighted by atomic mass is 16.5. The minimum atomic E-state index is -0.835. The Morgan fingerprint density at radius 2 is 1.94 bits per heavy atom. The van der Waals surface area contributed by atoms with Gasteiger partial charge in [-0.1, -0.05) is 42.5 Å². The van der Waals surface area contributed by atoms with E-state index >= 15 is 0 Å². The lowest BCUT2D eigenvalue weighted by molar-refractivity contribution is -0.126. The maximum absolute atomic E-state index is 12.6. The van der Waals surface area contributed by atoms with Crippen LogP contribution in [0, 0.1) is 5.92 Å². The quantitative estimate of drug-likeness (QED) is 0.641. The molecule has 0 bridgehead atoms. The van der Waals surface area contributed by atoms with Crippen LogP contribution in [0.5, 0.6) is 5.75 Å². The van der Waals surface area contributed by atoms with Crippen LogP contribution in [0.2, 0.25) is 0 Å². The summed E-state index contributed by atoms with van der Waals surface area (Å²) in [5.74, 6) is 1.59. The van der Waals surface area contributed by atoms with Gasteiger partial charge in [-0.2, -0.15) is 0 Å². The van der Waals surface area contributed by atoms with Crippen molar-refractivity contribution in [3.05, 3.63) is 65.7 Å². The summed E-state index contributed by atoms with van der Waals surface area (Å²) >= 11 is 0. The number of piperidine rings is 1. The highest BCUT2D eigenvalue weighted by Crippen LogP contribution is 2.52. The molecule has 5 rings (SSSR count). The number of fused-ring (bicyclic) bond motifs is 1. The Labute approximate surface area is 202 Å². The van der Waals surface area contributed by atoms with Crippen molar-refractivity contribution < 1.29 is 19.4 Å². The van der Waals surface area contributed by atoms with Crippen LogP contribution in [0.1, 0.15) is 49.7 Å². The van der Waals surface area contributed by atoms with E-state index in [0.29, 0.717) is 19.4 Å². The van der Waals surface area contributed by atoms with E-state index in [1.54, 1.807) is 7.11 Å². The number of carbonyl (C=O) groups is 1. The SMILES string of the molecule is COc1cccc(C23CCN(CC4CC4)CC2(O)CCC(NC(=O)OCc2ccccc2)C3)c1. The average Bonchev–Trinajstić information content (AvgIpc) is 3.67. The summed E-state index contributed by atoms with van der Waals surface area (Å²) in [6, 6.07) is 17.8. The van der Waals surface area contributed by atoms with Gasteiger partial charge in [0.2, 0.25) is 0 Å². The maximum atomic E-state index is 12.6. The number of nitrogens with zero attached hydrogens (tertiary/aromatic N) is 1. The topological polar surface area (TPSA) is 71.0 Å². The van der Waals surface area contributed by atoms with Gasteiger partial charge in [0.05, 0.1) is 12.7 Å². The van der Waals surface area contributed by atoms with E-state index in [1.165, 1.54) is 12.8 Å². The highest BCUT2D eigenvalue weighted by molar-refractivity contribution is 5.67. The van der Waals surface area contributed by atoms with Gasteiger partial charge in [0.15, 0.2) is 0 Å². The Hall–Kier alpha value is -2.57. The molecule has 34 heavy (non-hydrogen) atoms. The highest BCUT2D eigenvalue weighted by Gasteiger charge is 2.58. The molecule has 3 unspecified atom stereocenters. The molecule has 0 radical (unpaired) electrons. The first-order valence-electron chi connectivity index (χ1n) is 12.6. The number of hydrogen-bond acceptors (Lipinski definition) is 5. The van der Waals surface area contributed by atoms with Crippen LogP contribution in [0.3, 0.4) is 0 Å². The van der Waals surface area contributed by atoms with Crippen molar-refractivity contribution >= 4 is 6.09 Å². The number of likely N-dealkylation sites (tertiary alicyclic amines) is 1. The molecule has 3 fully saturated rings. The fourth-order valence-electron chi connectivity index (χ4n) is 6.06. The summed E-state index contributed by atoms with van der Waals surface area (Å²) < 4.78 is 11.0. The van der Waals surface area contributed by atoms with Gasteiger partial charge < -0.3 is 24.8 Å². The van der Waals surface area contributed by atoms with E-state index in [1.807, 2.05) is 42.5 Å². The third-order valence-corrected chi connectivity index (χ3v) is 8.10. The number of carbonyl (C=O) groups excluding carboxylic acids is 1. The smallest absolute Gasteiger partial charge is 0.407 e. The molecule has 2 N–H and O–H groups in total. The molecule has 182 valence electrons. The predicted molar refractivity (Wildman–Crippen MR) is 131 cm³/mol. The van der Waals surface area contributed by atoms with Gasteiger partial charge >= 0.3 is 6.09 Å². The van der Waals surface area contributed by atoms with E-state index in [0.717, 1.165) is 48.7 Å². The largest absolute Gasteiger partial charge is 0.497 e. The summed E-state index contributed by atoms with van der Waals surface area (Å²) in [5.41, 5.74) is 0.798. The van der Waals surface area contributed by atoms with Crippen LogP contribution >= 0.6 is 0 Å². The van der Waals surface area contributed by atoms with Gasteiger partial charge in [-0.3, -0.25) is 0 Å². The number of nitrogens with one attached hydrogen (secondary N) is 1. The second-order valence-corrected chi connectivity index (χ2v) is 10.4. The van der Waals surface area contributed by atoms with Gasteiger partial charge in [0, 0.05) is 24.5 Å². The van der Waals surface area contributed by atoms with Crippen molar-refractivity contribution in [2.45, 2.75) is 62.2 Å². The Balaban J connectivity index is 1.33. The molecule has 2 aromatic rings. The molecule has 1 heterocycles. The number of aliphatic hydroxyl groups is 1. The minimum Gasteiger partial charge on any atom is -0.497 e. The van der Waals surface area contributed by atoms with Crippen LogP contribution in [-0.4, -0.2) is 54.5 Å². The fraction of sp³-hybridized carbons (Fsp3) is 0.536. The third kappa shape index (κ3) is 4.80. The number of methoxy groups -OCH3 is 1. The van der Waals surface area contributed by atoms with Crippen molar-refractivity contribution in [3.63, 3.8) is 0 Å². The van der Waals surface area contributed by atoms with Gasteiger partial charge in [-0.05, 0) is 74.2 Å². The zero-order chi connectivity index (χ0) is 23.6. The Morgan fingerprint density at radius 1 is 1.12 bits per heavy atom. The first-order chi connectivity index (χ1) is 16.5. The summed E-state index contributed by atoms with van der Waals surface area (Å²) in [6.45, 7) is 2.98. The van der Waals surface area contributed by atoms with E-state index in [4.69, 9.17) is 9.47 Å². The Morgan fingerprint density at radius 3 is 2.71 bits per heavy atom. The molecule has 3 aliphatic rings. The van der Waals surface area contributed by atoms with Crippen LogP contribution < -0.4 is 10.1 Å². The number of β-amino-alcohol motifs (C(OH)–C–C–N with tert-alkyl or cyclic N) is 1. The lowest BCUT2D eigenvalue weighted by Crippen LogP contribution is -2.67. The summed E-state index contributed by atoms with van der Waals surface area (Å²) in [5, 5.41) is 15.2. The zero-order valence-corrected chi connectivity index (χ0v) is 20.0. The molecule has 6 heteroatoms. The molecular weight excluding hydrogens is 428 g/mol. The molecule has 6 nitrogen and oxygen atoms in total. The third-order valence-electron chi connectivity index (χ3n) is 8.10. The Kier molecular flexibility index (Phi) is 6.54. The first-order valence-corrected chi connectivity index (χ1v) is 12.6. The number of ether oxygens (including phenoxy) is 2. The predicted octanol–water partition coefficient (Wildman–Crippen LogP) is 4.26. The summed E-state index contributed by atoms with van der Waals surface area (Å²) in [7, 11) is 1.68. The number of amides is 1. The maximum Gasteiger partial charge on any atom is 0.407 e. The molecule has 2 aromatic carbocycles. The molecule has 2 saturated carbocycles. The number of hydrogen-bond donors (Lipinski definition) is 2. The van der Waals surface area contributed by atoms with Gasteiger partial charge in [-0.25, -0.2) is 4.79 Å². The fourth-order valence-corrected chi connectivity index (χ4v) is 6.06. The standard InChI is InChI=1S/C28H36N2O4/c1-33-25-9-5-8-23(16-25)27-14-15-30(18-21-10-11-21)20-28(27,32)13-12-24(17-27)29-26(31)34-19-22-6-3-2-4-7-22/h2-9,16,21,24,32H,10-15,17-20H2,1H3,(H,29,31). The van der Waals surface area contributed by atoms with Gasteiger partial charge in [-0.15, -0.1) is 0 Å². The van der Waals surface area contributed by atoms with Gasteiger partial charge in [0.1, 0.15) is 12.4 Å². The summed E-state index contributed by atoms with van der Waals surface area (Å²) in [4.78, 5) is 15.1. The van der Waals surface area contributed by atoms with Gasteiger partial charge in [0.25, 0.3) is 0 Å². The number of benzene rings is 2. The monoisotopic (exact) mass is 464 g/mol. The molecule has 0 aromatic heterocycles. The molecule has 1 aliphatic heterocycles. The second kappa shape index (κ2) is 9.59. The van der Waals surface area contributed by atoms with E-state index in [9.17, 15) is 9.90 Å². The Bertz CT molecular complexity index is 995. The number of alkyl carbamates (subject to hydrolysis) is 1. The average molecular weight is 465 g/mol. The van der Waals surface area contributed by atoms with Crippen LogP contribution in [0.4, 0.5) is 4.79 Å². The van der Waals surface area contributed by atoms with Crippen LogP contribution in [-0.2, 0) is 16.8 Å². The normalized spacial score (nSPS) is 29.2. The molecule has 1 amide bonds. The van der Waals surface area contributed by atoms with E-state index < -0.39 is 17.1 Å². The molecular formula is C28H36N2O4. The zero-order valence-electron chi connectivity index (χ0n) is 20.0. The van der Waals surface area contributed by atoms with Crippen molar-refractivity contribution in [2.75, 3.05) is 26.7 Å². The van der Waals surface area contributed by atoms with Crippen LogP contribution in [0.25, 0.3) is 0 Å². The molecule has 2 aliphatic carbocycles. The second-order valence-electron chi connectivity index (χ2n) is 10.4. The molecule has 0 spiro atoms. The van der Waals surface area contributed by atoms with E-state index in [2.05, 4.69) is 22.3 Å². The van der Waals surface area contributed by atoms with Crippen LogP contribution in [0.15, 0.2) is 54.6 Å². The first kappa shape index (κ1) is 23.2. The molecule has 3 atom stereocenters. The van der Waals surface area contributed by atoms with Crippen molar-refractivity contribution in [3.8, 4) is 5.75 Å². The van der Waals surface area contributed by atoms with Crippen molar-refractivity contribution in [1.29, 1.82) is 0 Å². The summed E-state index contributed by atoms with van der Waals surface area (Å²) in [6.07, 6.45) is 5.16. The van der Waals surface area contributed by atoms with E-state index in [-0.39, 0.29) is 12.6 Å².